The van der Waals surface area contributed by atoms with Crippen LogP contribution >= 0.6 is 11.6 Å². The predicted molar refractivity (Wildman–Crippen MR) is 94.6 cm³/mol. The Morgan fingerprint density at radius 2 is 2.00 bits per heavy atom. The first-order chi connectivity index (χ1) is 12.1. The molecular formula is C18H16ClN3O3. The lowest BCUT2D eigenvalue weighted by Gasteiger charge is -2.08. The maximum atomic E-state index is 11.5. The maximum Gasteiger partial charge on any atom is 0.337 e. The number of nitrogens with one attached hydrogen (secondary N) is 1. The summed E-state index contributed by atoms with van der Waals surface area (Å²) in [5, 5.41) is 7.84. The molecule has 1 aromatic heterocycles. The Kier molecular flexibility index (Phi) is 5.00. The standard InChI is InChI=1S/C18H16ClN3O3/c1-11-9-13(18(23)24-2)5-8-15(11)20-10-16-21-17(22-25-16)12-3-6-14(19)7-4-12/h3-9,20H,10H2,1-2H3. The number of rotatable bonds is 5. The molecule has 7 heteroatoms. The van der Waals surface area contributed by atoms with Crippen LogP contribution in [0.15, 0.2) is 47.0 Å². The van der Waals surface area contributed by atoms with E-state index in [-0.39, 0.29) is 5.97 Å². The smallest absolute Gasteiger partial charge is 0.337 e. The van der Waals surface area contributed by atoms with E-state index >= 15 is 0 Å². The van der Waals surface area contributed by atoms with Crippen molar-refractivity contribution in [2.45, 2.75) is 13.5 Å². The van der Waals surface area contributed by atoms with Crippen LogP contribution in [0, 0.1) is 6.92 Å². The van der Waals surface area contributed by atoms with Crippen molar-refractivity contribution in [2.24, 2.45) is 0 Å². The summed E-state index contributed by atoms with van der Waals surface area (Å²) in [5.74, 6) is 0.603. The molecule has 0 aliphatic carbocycles. The van der Waals surface area contributed by atoms with Crippen molar-refractivity contribution in [2.75, 3.05) is 12.4 Å². The summed E-state index contributed by atoms with van der Waals surface area (Å²) >= 11 is 5.87. The maximum absolute atomic E-state index is 11.5. The van der Waals surface area contributed by atoms with Crippen molar-refractivity contribution < 1.29 is 14.1 Å². The number of carbonyl (C=O) groups is 1. The number of hydrogen-bond acceptors (Lipinski definition) is 6. The van der Waals surface area contributed by atoms with Crippen LogP contribution in [0.1, 0.15) is 21.8 Å². The summed E-state index contributed by atoms with van der Waals surface area (Å²) in [6.45, 7) is 2.28. The minimum absolute atomic E-state index is 0.362. The number of aryl methyl sites for hydroxylation is 1. The van der Waals surface area contributed by atoms with Gasteiger partial charge in [0.25, 0.3) is 0 Å². The van der Waals surface area contributed by atoms with Gasteiger partial charge < -0.3 is 14.6 Å². The van der Waals surface area contributed by atoms with Crippen molar-refractivity contribution in [3.8, 4) is 11.4 Å². The zero-order valence-electron chi connectivity index (χ0n) is 13.7. The highest BCUT2D eigenvalue weighted by Crippen LogP contribution is 2.20. The molecule has 0 aliphatic rings. The Bertz CT molecular complexity index is 891. The summed E-state index contributed by atoms with van der Waals surface area (Å²) in [4.78, 5) is 15.9. The lowest BCUT2D eigenvalue weighted by Crippen LogP contribution is -2.05. The van der Waals surface area contributed by atoms with E-state index in [1.54, 1.807) is 24.3 Å². The number of hydrogen-bond donors (Lipinski definition) is 1. The molecule has 1 N–H and O–H groups in total. The zero-order chi connectivity index (χ0) is 17.8. The largest absolute Gasteiger partial charge is 0.465 e. The normalized spacial score (nSPS) is 10.5. The van der Waals surface area contributed by atoms with Gasteiger partial charge in [0.2, 0.25) is 11.7 Å². The van der Waals surface area contributed by atoms with E-state index in [1.165, 1.54) is 7.11 Å². The second kappa shape index (κ2) is 7.36. The first-order valence-corrected chi connectivity index (χ1v) is 7.96. The number of anilines is 1. The molecule has 6 nitrogen and oxygen atoms in total. The van der Waals surface area contributed by atoms with Gasteiger partial charge in [0.1, 0.15) is 0 Å². The van der Waals surface area contributed by atoms with Gasteiger partial charge in [-0.1, -0.05) is 16.8 Å². The minimum atomic E-state index is -0.362. The van der Waals surface area contributed by atoms with E-state index in [0.717, 1.165) is 16.8 Å². The van der Waals surface area contributed by atoms with Crippen LogP contribution in [0.25, 0.3) is 11.4 Å². The number of esters is 1. The molecule has 0 aliphatic heterocycles. The van der Waals surface area contributed by atoms with Gasteiger partial charge in [0.05, 0.1) is 19.2 Å². The van der Waals surface area contributed by atoms with Crippen molar-refractivity contribution in [1.82, 2.24) is 10.1 Å². The number of methoxy groups -OCH3 is 1. The number of carbonyl (C=O) groups excluding carboxylic acids is 1. The van der Waals surface area contributed by atoms with Crippen LogP contribution < -0.4 is 5.32 Å². The van der Waals surface area contributed by atoms with Crippen LogP contribution in [0.2, 0.25) is 5.02 Å². The van der Waals surface area contributed by atoms with Gasteiger partial charge in [-0.2, -0.15) is 4.98 Å². The number of halogens is 1. The topological polar surface area (TPSA) is 77.2 Å². The van der Waals surface area contributed by atoms with Gasteiger partial charge >= 0.3 is 5.97 Å². The van der Waals surface area contributed by atoms with Crippen molar-refractivity contribution >= 4 is 23.3 Å². The van der Waals surface area contributed by atoms with Crippen molar-refractivity contribution in [3.05, 3.63) is 64.5 Å². The van der Waals surface area contributed by atoms with Gasteiger partial charge in [0, 0.05) is 16.3 Å². The zero-order valence-corrected chi connectivity index (χ0v) is 14.5. The second-order valence-corrected chi connectivity index (χ2v) is 5.83. The molecule has 0 amide bonds. The average molecular weight is 358 g/mol. The summed E-state index contributed by atoms with van der Waals surface area (Å²) in [7, 11) is 1.36. The molecule has 0 radical (unpaired) electrons. The average Bonchev–Trinajstić information content (AvgIpc) is 3.09. The quantitative estimate of drug-likeness (QED) is 0.693. The van der Waals surface area contributed by atoms with E-state index < -0.39 is 0 Å². The third-order valence-corrected chi connectivity index (χ3v) is 3.90. The fourth-order valence-corrected chi connectivity index (χ4v) is 2.45. The molecule has 2 aromatic carbocycles. The third-order valence-electron chi connectivity index (χ3n) is 3.65. The molecule has 0 bridgehead atoms. The van der Waals surface area contributed by atoms with Gasteiger partial charge in [0.15, 0.2) is 0 Å². The molecular weight excluding hydrogens is 342 g/mol. The molecule has 3 aromatic rings. The number of ether oxygens (including phenoxy) is 1. The first kappa shape index (κ1) is 17.0. The van der Waals surface area contributed by atoms with E-state index in [4.69, 9.17) is 20.9 Å². The number of nitrogens with zero attached hydrogens (tertiary/aromatic N) is 2. The molecule has 0 spiro atoms. The van der Waals surface area contributed by atoms with E-state index in [2.05, 4.69) is 15.5 Å². The molecule has 25 heavy (non-hydrogen) atoms. The Morgan fingerprint density at radius 3 is 2.68 bits per heavy atom. The highest BCUT2D eigenvalue weighted by atomic mass is 35.5. The van der Waals surface area contributed by atoms with Crippen LogP contribution in [0.5, 0.6) is 0 Å². The summed E-state index contributed by atoms with van der Waals surface area (Å²) in [5.41, 5.74) is 3.13. The fraction of sp³-hybridized carbons (Fsp3) is 0.167. The molecule has 0 saturated carbocycles. The summed E-state index contributed by atoms with van der Waals surface area (Å²) in [6, 6.07) is 12.5. The van der Waals surface area contributed by atoms with Gasteiger partial charge in [-0.05, 0) is 55.0 Å². The number of benzene rings is 2. The third kappa shape index (κ3) is 3.97. The molecule has 3 rings (SSSR count). The lowest BCUT2D eigenvalue weighted by atomic mass is 10.1. The molecule has 128 valence electrons. The second-order valence-electron chi connectivity index (χ2n) is 5.39. The molecule has 0 atom stereocenters. The highest BCUT2D eigenvalue weighted by molar-refractivity contribution is 6.30. The van der Waals surface area contributed by atoms with Crippen LogP contribution in [0.3, 0.4) is 0 Å². The van der Waals surface area contributed by atoms with Crippen LogP contribution in [-0.2, 0) is 11.3 Å². The molecule has 0 unspecified atom stereocenters. The van der Waals surface area contributed by atoms with E-state index in [1.807, 2.05) is 25.1 Å². The summed E-state index contributed by atoms with van der Waals surface area (Å²) < 4.78 is 9.97. The monoisotopic (exact) mass is 357 g/mol. The Balaban J connectivity index is 1.68. The Hall–Kier alpha value is -2.86. The number of aromatic nitrogens is 2. The van der Waals surface area contributed by atoms with Crippen molar-refractivity contribution in [1.29, 1.82) is 0 Å². The Morgan fingerprint density at radius 1 is 1.24 bits per heavy atom. The SMILES string of the molecule is COC(=O)c1ccc(NCc2nc(-c3ccc(Cl)cc3)no2)c(C)c1. The van der Waals surface area contributed by atoms with Crippen LogP contribution in [-0.4, -0.2) is 23.2 Å². The summed E-state index contributed by atoms with van der Waals surface area (Å²) in [6.07, 6.45) is 0. The highest BCUT2D eigenvalue weighted by Gasteiger charge is 2.10. The van der Waals surface area contributed by atoms with Gasteiger partial charge in [-0.25, -0.2) is 4.79 Å². The van der Waals surface area contributed by atoms with Crippen molar-refractivity contribution in [3.63, 3.8) is 0 Å². The van der Waals surface area contributed by atoms with Gasteiger partial charge in [-0.15, -0.1) is 0 Å². The van der Waals surface area contributed by atoms with E-state index in [0.29, 0.717) is 28.8 Å². The Labute approximate surface area is 149 Å². The molecule has 0 saturated heterocycles. The lowest BCUT2D eigenvalue weighted by molar-refractivity contribution is 0.0600. The fourth-order valence-electron chi connectivity index (χ4n) is 2.32. The van der Waals surface area contributed by atoms with Crippen LogP contribution in [0.4, 0.5) is 5.69 Å². The predicted octanol–water partition coefficient (Wildman–Crippen LogP) is 4.10. The first-order valence-electron chi connectivity index (χ1n) is 7.58. The minimum Gasteiger partial charge on any atom is -0.465 e. The molecule has 0 fully saturated rings. The van der Waals surface area contributed by atoms with Gasteiger partial charge in [-0.3, -0.25) is 0 Å². The molecule has 1 heterocycles. The van der Waals surface area contributed by atoms with E-state index in [9.17, 15) is 4.79 Å².